The molecule has 3 rings (SSSR count). The third-order valence-corrected chi connectivity index (χ3v) is 6.65. The molecular weight excluding hydrogens is 410 g/mol. The van der Waals surface area contributed by atoms with Crippen molar-refractivity contribution in [2.75, 3.05) is 20.6 Å². The molecule has 0 N–H and O–H groups in total. The number of hydrogen-bond donors (Lipinski definition) is 0. The molecule has 0 fully saturated rings. The Hall–Kier alpha value is -2.15. The molecule has 4 nitrogen and oxygen atoms in total. The quantitative estimate of drug-likeness (QED) is 0.414. The van der Waals surface area contributed by atoms with Crippen LogP contribution >= 0.6 is 23.1 Å². The first-order valence-electron chi connectivity index (χ1n) is 10.1. The van der Waals surface area contributed by atoms with Crippen LogP contribution in [0.5, 0.6) is 0 Å². The number of carbonyl (C=O) groups excluding carboxylic acids is 1. The molecule has 1 heterocycles. The van der Waals surface area contributed by atoms with Crippen LogP contribution in [-0.4, -0.2) is 41.3 Å². The van der Waals surface area contributed by atoms with Crippen LogP contribution in [0.15, 0.2) is 58.8 Å². The van der Waals surface area contributed by atoms with Gasteiger partial charge in [0.05, 0.1) is 16.3 Å². The number of nitrogens with zero attached hydrogens (tertiary/aromatic N) is 3. The smallest absolute Gasteiger partial charge is 0.255 e. The second-order valence-electron chi connectivity index (χ2n) is 7.52. The average molecular weight is 440 g/mol. The maximum absolute atomic E-state index is 13.3. The molecule has 3 aromatic rings. The molecule has 0 radical (unpaired) electrons. The molecule has 2 aromatic carbocycles. The maximum Gasteiger partial charge on any atom is 0.255 e. The highest BCUT2D eigenvalue weighted by Gasteiger charge is 2.18. The first-order chi connectivity index (χ1) is 14.5. The fraction of sp³-hybridized carbons (Fsp3) is 0.333. The van der Waals surface area contributed by atoms with E-state index in [1.165, 1.54) is 5.56 Å². The second kappa shape index (κ2) is 10.8. The fourth-order valence-electron chi connectivity index (χ4n) is 3.23. The summed E-state index contributed by atoms with van der Waals surface area (Å²) in [5, 5.41) is 3.16. The lowest BCUT2D eigenvalue weighted by molar-refractivity contribution is 0.0749. The summed E-state index contributed by atoms with van der Waals surface area (Å²) in [5.41, 5.74) is 4.25. The minimum absolute atomic E-state index is 0.0763. The van der Waals surface area contributed by atoms with Gasteiger partial charge in [0.2, 0.25) is 0 Å². The molecule has 158 valence electrons. The number of carbonyl (C=O) groups is 1. The second-order valence-corrected chi connectivity index (χ2v) is 9.60. The molecule has 0 bridgehead atoms. The minimum atomic E-state index is 0.0763. The molecule has 0 saturated carbocycles. The van der Waals surface area contributed by atoms with E-state index in [2.05, 4.69) is 53.6 Å². The highest BCUT2D eigenvalue weighted by Crippen LogP contribution is 2.28. The van der Waals surface area contributed by atoms with Crippen molar-refractivity contribution in [3.8, 4) is 0 Å². The third-order valence-electron chi connectivity index (χ3n) is 4.72. The largest absolute Gasteiger partial charge is 0.335 e. The summed E-state index contributed by atoms with van der Waals surface area (Å²) in [5.74, 6) is 0.848. The van der Waals surface area contributed by atoms with Gasteiger partial charge in [-0.15, -0.1) is 23.1 Å². The summed E-state index contributed by atoms with van der Waals surface area (Å²) in [6.07, 6.45) is 0. The first-order valence-corrected chi connectivity index (χ1v) is 12.0. The summed E-state index contributed by atoms with van der Waals surface area (Å²) in [4.78, 5) is 22.9. The summed E-state index contributed by atoms with van der Waals surface area (Å²) in [6.45, 7) is 6.25. The maximum atomic E-state index is 13.3. The lowest BCUT2D eigenvalue weighted by Crippen LogP contribution is -2.30. The lowest BCUT2D eigenvalue weighted by Gasteiger charge is -2.22. The number of amides is 1. The van der Waals surface area contributed by atoms with Crippen molar-refractivity contribution in [3.63, 3.8) is 0 Å². The van der Waals surface area contributed by atoms with E-state index < -0.39 is 0 Å². The van der Waals surface area contributed by atoms with Crippen LogP contribution in [0.2, 0.25) is 0 Å². The molecule has 0 aliphatic rings. The van der Waals surface area contributed by atoms with Crippen molar-refractivity contribution in [2.45, 2.75) is 37.6 Å². The van der Waals surface area contributed by atoms with E-state index in [1.807, 2.05) is 43.0 Å². The van der Waals surface area contributed by atoms with Crippen LogP contribution in [0.3, 0.4) is 0 Å². The number of aromatic nitrogens is 1. The predicted molar refractivity (Wildman–Crippen MR) is 127 cm³/mol. The molecule has 0 atom stereocenters. The van der Waals surface area contributed by atoms with Crippen LogP contribution in [0, 0.1) is 6.92 Å². The van der Waals surface area contributed by atoms with Gasteiger partial charge in [-0.2, -0.15) is 0 Å². The van der Waals surface area contributed by atoms with Gasteiger partial charge in [-0.05, 0) is 51.2 Å². The molecule has 1 amide bonds. The standard InChI is InChI=1S/C24H29N3OS2/c1-5-27(15-20-12-10-19(11-13-20)14-26(3)4)24(28)22-8-6-7-9-23(22)30-17-21-16-29-18(2)25-21/h6-13,16H,5,14-15,17H2,1-4H3. The Balaban J connectivity index is 1.70. The Labute approximate surface area is 187 Å². The third kappa shape index (κ3) is 6.17. The van der Waals surface area contributed by atoms with E-state index >= 15 is 0 Å². The normalized spacial score (nSPS) is 11.1. The molecular formula is C24H29N3OS2. The van der Waals surface area contributed by atoms with Crippen molar-refractivity contribution in [1.29, 1.82) is 0 Å². The molecule has 1 aromatic heterocycles. The van der Waals surface area contributed by atoms with E-state index in [9.17, 15) is 4.79 Å². The summed E-state index contributed by atoms with van der Waals surface area (Å²) in [7, 11) is 4.13. The molecule has 0 unspecified atom stereocenters. The van der Waals surface area contributed by atoms with E-state index in [-0.39, 0.29) is 5.91 Å². The van der Waals surface area contributed by atoms with E-state index in [4.69, 9.17) is 0 Å². The van der Waals surface area contributed by atoms with Crippen LogP contribution in [0.4, 0.5) is 0 Å². The van der Waals surface area contributed by atoms with Crippen molar-refractivity contribution in [2.24, 2.45) is 0 Å². The minimum Gasteiger partial charge on any atom is -0.335 e. The van der Waals surface area contributed by atoms with Crippen molar-refractivity contribution < 1.29 is 4.79 Å². The zero-order chi connectivity index (χ0) is 21.5. The monoisotopic (exact) mass is 439 g/mol. The summed E-state index contributed by atoms with van der Waals surface area (Å²) >= 11 is 3.34. The number of aryl methyl sites for hydroxylation is 1. The van der Waals surface area contributed by atoms with E-state index in [1.54, 1.807) is 23.1 Å². The number of thiazole rings is 1. The zero-order valence-electron chi connectivity index (χ0n) is 18.1. The topological polar surface area (TPSA) is 36.4 Å². The van der Waals surface area contributed by atoms with Crippen molar-refractivity contribution in [1.82, 2.24) is 14.8 Å². The first kappa shape index (κ1) is 22.5. The van der Waals surface area contributed by atoms with Crippen LogP contribution in [-0.2, 0) is 18.8 Å². The van der Waals surface area contributed by atoms with Gasteiger partial charge in [0.1, 0.15) is 0 Å². The molecule has 30 heavy (non-hydrogen) atoms. The Bertz CT molecular complexity index is 967. The number of hydrogen-bond acceptors (Lipinski definition) is 5. The lowest BCUT2D eigenvalue weighted by atomic mass is 10.1. The highest BCUT2D eigenvalue weighted by molar-refractivity contribution is 7.98. The Kier molecular flexibility index (Phi) is 8.08. The van der Waals surface area contributed by atoms with Gasteiger partial charge in [0.15, 0.2) is 0 Å². The summed E-state index contributed by atoms with van der Waals surface area (Å²) < 4.78 is 0. The van der Waals surface area contributed by atoms with Crippen molar-refractivity contribution >= 4 is 29.0 Å². The van der Waals surface area contributed by atoms with E-state index in [0.29, 0.717) is 13.1 Å². The van der Waals surface area contributed by atoms with Gasteiger partial charge >= 0.3 is 0 Å². The molecule has 0 aliphatic heterocycles. The Morgan fingerprint density at radius 3 is 2.30 bits per heavy atom. The van der Waals surface area contributed by atoms with Crippen LogP contribution in [0.25, 0.3) is 0 Å². The molecule has 0 aliphatic carbocycles. The van der Waals surface area contributed by atoms with Crippen LogP contribution < -0.4 is 0 Å². The van der Waals surface area contributed by atoms with Crippen molar-refractivity contribution in [3.05, 3.63) is 81.3 Å². The molecule has 0 saturated heterocycles. The van der Waals surface area contributed by atoms with Gasteiger partial charge in [0, 0.05) is 35.7 Å². The molecule has 6 heteroatoms. The van der Waals surface area contributed by atoms with Gasteiger partial charge in [-0.25, -0.2) is 4.98 Å². The van der Waals surface area contributed by atoms with Gasteiger partial charge < -0.3 is 9.80 Å². The van der Waals surface area contributed by atoms with Crippen LogP contribution in [0.1, 0.15) is 39.1 Å². The Morgan fingerprint density at radius 2 is 1.70 bits per heavy atom. The SMILES string of the molecule is CCN(Cc1ccc(CN(C)C)cc1)C(=O)c1ccccc1SCc1csc(C)n1. The average Bonchev–Trinajstić information content (AvgIpc) is 3.16. The number of rotatable bonds is 9. The highest BCUT2D eigenvalue weighted by atomic mass is 32.2. The van der Waals surface area contributed by atoms with Gasteiger partial charge in [0.25, 0.3) is 5.91 Å². The van der Waals surface area contributed by atoms with E-state index in [0.717, 1.165) is 39.0 Å². The predicted octanol–water partition coefficient (Wildman–Crippen LogP) is 5.47. The summed E-state index contributed by atoms with van der Waals surface area (Å²) in [6, 6.07) is 16.4. The number of thioether (sulfide) groups is 1. The fourth-order valence-corrected chi connectivity index (χ4v) is 4.88. The molecule has 0 spiro atoms. The number of benzene rings is 2. The van der Waals surface area contributed by atoms with Gasteiger partial charge in [-0.3, -0.25) is 4.79 Å². The Morgan fingerprint density at radius 1 is 1.03 bits per heavy atom. The van der Waals surface area contributed by atoms with Gasteiger partial charge in [-0.1, -0.05) is 36.4 Å². The zero-order valence-corrected chi connectivity index (χ0v) is 19.7.